The Bertz CT molecular complexity index is 1330. The lowest BCUT2D eigenvalue weighted by molar-refractivity contribution is -0.137. The van der Waals surface area contributed by atoms with Crippen LogP contribution in [0.1, 0.15) is 40.7 Å². The van der Waals surface area contributed by atoms with Crippen molar-refractivity contribution in [3.63, 3.8) is 0 Å². The van der Waals surface area contributed by atoms with Crippen molar-refractivity contribution >= 4 is 28.6 Å². The third kappa shape index (κ3) is 4.09. The van der Waals surface area contributed by atoms with Crippen LogP contribution in [0.4, 0.5) is 13.2 Å². The highest BCUT2D eigenvalue weighted by Crippen LogP contribution is 2.39. The van der Waals surface area contributed by atoms with E-state index in [0.717, 1.165) is 12.5 Å². The molecule has 0 aliphatic carbocycles. The lowest BCUT2D eigenvalue weighted by Crippen LogP contribution is -2.30. The number of hydrogen-bond donors (Lipinski definition) is 0. The first-order valence-corrected chi connectivity index (χ1v) is 10.8. The number of hydrogen-bond acceptors (Lipinski definition) is 3. The van der Waals surface area contributed by atoms with Gasteiger partial charge in [-0.15, -0.1) is 0 Å². The quantitative estimate of drug-likeness (QED) is 0.319. The number of likely N-dealkylation sites (tertiary alicyclic amines) is 1. The SMILES string of the molecule is O=C(c1ccc(Cl)cc1)N1CCC[C@@H]1c1nc2cc(-c3ccccc3C(F)(F)F)ccc2o1. The zero-order chi connectivity index (χ0) is 23.2. The number of aromatic nitrogens is 1. The van der Waals surface area contributed by atoms with Crippen LogP contribution < -0.4 is 0 Å². The Morgan fingerprint density at radius 3 is 2.58 bits per heavy atom. The molecule has 0 unspecified atom stereocenters. The Morgan fingerprint density at radius 1 is 1.06 bits per heavy atom. The van der Waals surface area contributed by atoms with E-state index in [1.165, 1.54) is 12.1 Å². The summed E-state index contributed by atoms with van der Waals surface area (Å²) in [6.07, 6.45) is -2.98. The molecular formula is C25H18ClF3N2O2. The van der Waals surface area contributed by atoms with E-state index in [1.54, 1.807) is 53.4 Å². The molecule has 1 amide bonds. The van der Waals surface area contributed by atoms with E-state index in [1.807, 2.05) is 0 Å². The third-order valence-electron chi connectivity index (χ3n) is 5.84. The van der Waals surface area contributed by atoms with Crippen molar-refractivity contribution in [3.8, 4) is 11.1 Å². The summed E-state index contributed by atoms with van der Waals surface area (Å²) in [5.41, 5.74) is 1.21. The molecule has 1 aliphatic rings. The number of carbonyl (C=O) groups is 1. The molecule has 168 valence electrons. The molecule has 0 N–H and O–H groups in total. The summed E-state index contributed by atoms with van der Waals surface area (Å²) in [6.45, 7) is 0.565. The van der Waals surface area contributed by atoms with E-state index in [2.05, 4.69) is 4.98 Å². The van der Waals surface area contributed by atoms with Crippen LogP contribution in [-0.2, 0) is 6.18 Å². The summed E-state index contributed by atoms with van der Waals surface area (Å²) in [6, 6.07) is 16.6. The van der Waals surface area contributed by atoms with Crippen LogP contribution in [-0.4, -0.2) is 22.3 Å². The molecule has 1 atom stereocenters. The summed E-state index contributed by atoms with van der Waals surface area (Å²) >= 11 is 5.93. The van der Waals surface area contributed by atoms with Gasteiger partial charge in [-0.2, -0.15) is 13.2 Å². The van der Waals surface area contributed by atoms with Gasteiger partial charge < -0.3 is 9.32 Å². The number of oxazole rings is 1. The van der Waals surface area contributed by atoms with Gasteiger partial charge in [0.2, 0.25) is 5.89 Å². The second-order valence-electron chi connectivity index (χ2n) is 7.94. The minimum atomic E-state index is -4.47. The molecule has 0 bridgehead atoms. The van der Waals surface area contributed by atoms with Gasteiger partial charge in [0.1, 0.15) is 11.6 Å². The van der Waals surface area contributed by atoms with Gasteiger partial charge in [-0.3, -0.25) is 4.79 Å². The zero-order valence-electron chi connectivity index (χ0n) is 17.3. The molecule has 0 radical (unpaired) electrons. The van der Waals surface area contributed by atoms with E-state index >= 15 is 0 Å². The van der Waals surface area contributed by atoms with Crippen LogP contribution in [0.25, 0.3) is 22.2 Å². The number of benzene rings is 3. The maximum absolute atomic E-state index is 13.5. The van der Waals surface area contributed by atoms with Crippen molar-refractivity contribution in [2.24, 2.45) is 0 Å². The number of nitrogens with zero attached hydrogens (tertiary/aromatic N) is 2. The second-order valence-corrected chi connectivity index (χ2v) is 8.38. The fraction of sp³-hybridized carbons (Fsp3) is 0.200. The van der Waals surface area contributed by atoms with Crippen molar-refractivity contribution in [2.45, 2.75) is 25.1 Å². The van der Waals surface area contributed by atoms with Gasteiger partial charge in [-0.25, -0.2) is 4.98 Å². The fourth-order valence-corrected chi connectivity index (χ4v) is 4.39. The van der Waals surface area contributed by atoms with Crippen LogP contribution in [0.5, 0.6) is 0 Å². The van der Waals surface area contributed by atoms with E-state index in [9.17, 15) is 18.0 Å². The van der Waals surface area contributed by atoms with E-state index in [-0.39, 0.29) is 17.5 Å². The lowest BCUT2D eigenvalue weighted by atomic mass is 9.99. The first kappa shape index (κ1) is 21.5. The standard InChI is InChI=1S/C25H18ClF3N2O2/c26-17-10-7-15(8-11-17)24(32)31-13-3-6-21(31)23-30-20-14-16(9-12-22(20)33-23)18-4-1-2-5-19(18)25(27,28)29/h1-2,4-5,7-12,14,21H,3,6,13H2/t21-/m1/s1. The van der Waals surface area contributed by atoms with Crippen molar-refractivity contribution in [1.82, 2.24) is 9.88 Å². The number of halogens is 4. The van der Waals surface area contributed by atoms with Crippen molar-refractivity contribution in [3.05, 3.63) is 88.8 Å². The Morgan fingerprint density at radius 2 is 1.82 bits per heavy atom. The fourth-order valence-electron chi connectivity index (χ4n) is 4.26. The maximum Gasteiger partial charge on any atom is 0.417 e. The average Bonchev–Trinajstić information content (AvgIpc) is 3.45. The first-order chi connectivity index (χ1) is 15.8. The summed E-state index contributed by atoms with van der Waals surface area (Å²) in [7, 11) is 0. The molecule has 0 spiro atoms. The van der Waals surface area contributed by atoms with Crippen molar-refractivity contribution in [1.29, 1.82) is 0 Å². The molecule has 5 rings (SSSR count). The first-order valence-electron chi connectivity index (χ1n) is 10.4. The Hall–Kier alpha value is -3.32. The topological polar surface area (TPSA) is 46.3 Å². The molecule has 8 heteroatoms. The van der Waals surface area contributed by atoms with E-state index < -0.39 is 11.7 Å². The molecule has 2 heterocycles. The third-order valence-corrected chi connectivity index (χ3v) is 6.09. The number of fused-ring (bicyclic) bond motifs is 1. The lowest BCUT2D eigenvalue weighted by Gasteiger charge is -2.22. The smallest absolute Gasteiger partial charge is 0.417 e. The van der Waals surface area contributed by atoms with Crippen molar-refractivity contribution < 1.29 is 22.4 Å². The molecule has 4 nitrogen and oxygen atoms in total. The molecule has 0 saturated carbocycles. The monoisotopic (exact) mass is 470 g/mol. The molecular weight excluding hydrogens is 453 g/mol. The second kappa shape index (κ2) is 8.23. The van der Waals surface area contributed by atoms with Crippen LogP contribution in [0.2, 0.25) is 5.02 Å². The molecule has 1 fully saturated rings. The van der Waals surface area contributed by atoms with E-state index in [4.69, 9.17) is 16.0 Å². The minimum absolute atomic E-state index is 0.0804. The number of alkyl halides is 3. The number of amides is 1. The molecule has 1 aliphatic heterocycles. The van der Waals surface area contributed by atoms with Crippen LogP contribution in [0.15, 0.2) is 71.1 Å². The van der Waals surface area contributed by atoms with Crippen LogP contribution >= 0.6 is 11.6 Å². The molecule has 1 saturated heterocycles. The van der Waals surface area contributed by atoms with Crippen molar-refractivity contribution in [2.75, 3.05) is 6.54 Å². The van der Waals surface area contributed by atoms with Crippen LogP contribution in [0.3, 0.4) is 0 Å². The van der Waals surface area contributed by atoms with Gasteiger partial charge in [-0.05, 0) is 66.4 Å². The largest absolute Gasteiger partial charge is 0.438 e. The van der Waals surface area contributed by atoms with Gasteiger partial charge in [-0.1, -0.05) is 35.9 Å². The van der Waals surface area contributed by atoms with Gasteiger partial charge >= 0.3 is 6.18 Å². The molecule has 1 aromatic heterocycles. The minimum Gasteiger partial charge on any atom is -0.438 e. The maximum atomic E-state index is 13.5. The zero-order valence-corrected chi connectivity index (χ0v) is 18.0. The Kier molecular flexibility index (Phi) is 5.37. The molecule has 3 aromatic carbocycles. The molecule has 33 heavy (non-hydrogen) atoms. The predicted molar refractivity (Wildman–Crippen MR) is 119 cm³/mol. The van der Waals surface area contributed by atoms with Gasteiger partial charge in [0, 0.05) is 17.1 Å². The highest BCUT2D eigenvalue weighted by Gasteiger charge is 2.35. The summed E-state index contributed by atoms with van der Waals surface area (Å²) in [5, 5.41) is 0.548. The predicted octanol–water partition coefficient (Wildman–Crippen LogP) is 7.14. The highest BCUT2D eigenvalue weighted by molar-refractivity contribution is 6.30. The normalized spacial score (nSPS) is 16.5. The average molecular weight is 471 g/mol. The van der Waals surface area contributed by atoms with E-state index in [0.29, 0.717) is 46.1 Å². The highest BCUT2D eigenvalue weighted by atomic mass is 35.5. The molecule has 4 aromatic rings. The summed E-state index contributed by atoms with van der Waals surface area (Å²) in [4.78, 5) is 19.3. The summed E-state index contributed by atoms with van der Waals surface area (Å²) < 4.78 is 46.3. The number of rotatable bonds is 3. The van der Waals surface area contributed by atoms with Gasteiger partial charge in [0.15, 0.2) is 5.58 Å². The van der Waals surface area contributed by atoms with Gasteiger partial charge in [0.05, 0.1) is 5.56 Å². The Balaban J connectivity index is 1.48. The number of carbonyl (C=O) groups excluding carboxylic acids is 1. The van der Waals surface area contributed by atoms with Gasteiger partial charge in [0.25, 0.3) is 5.91 Å². The summed E-state index contributed by atoms with van der Waals surface area (Å²) in [5.74, 6) is 0.238. The Labute approximate surface area is 192 Å². The van der Waals surface area contributed by atoms with Crippen LogP contribution in [0, 0.1) is 0 Å².